The van der Waals surface area contributed by atoms with E-state index in [9.17, 15) is 4.79 Å². The van der Waals surface area contributed by atoms with Crippen LogP contribution in [0.4, 0.5) is 0 Å². The van der Waals surface area contributed by atoms with Gasteiger partial charge in [-0.3, -0.25) is 9.48 Å². The highest BCUT2D eigenvalue weighted by Crippen LogP contribution is 2.30. The maximum absolute atomic E-state index is 13.4. The molecule has 1 fully saturated rings. The SMILES string of the molecule is CCOc1ccccc1CN(C)C(=O)C1(n2cccn2)CCNCC1. The molecule has 2 heterocycles. The van der Waals surface area contributed by atoms with Gasteiger partial charge >= 0.3 is 0 Å². The van der Waals surface area contributed by atoms with Gasteiger partial charge in [0.05, 0.1) is 6.61 Å². The molecule has 1 aliphatic rings. The van der Waals surface area contributed by atoms with Gasteiger partial charge in [0.2, 0.25) is 0 Å². The van der Waals surface area contributed by atoms with Crippen LogP contribution in [0, 0.1) is 0 Å². The van der Waals surface area contributed by atoms with Gasteiger partial charge in [-0.05, 0) is 45.0 Å². The first-order valence-corrected chi connectivity index (χ1v) is 8.84. The summed E-state index contributed by atoms with van der Waals surface area (Å²) < 4.78 is 7.53. The number of nitrogens with zero attached hydrogens (tertiary/aromatic N) is 3. The third-order valence-electron chi connectivity index (χ3n) is 4.80. The zero-order valence-corrected chi connectivity index (χ0v) is 14.9. The minimum Gasteiger partial charge on any atom is -0.494 e. The van der Waals surface area contributed by atoms with Gasteiger partial charge in [-0.2, -0.15) is 5.10 Å². The minimum atomic E-state index is -0.607. The number of hydrogen-bond acceptors (Lipinski definition) is 4. The monoisotopic (exact) mass is 342 g/mol. The summed E-state index contributed by atoms with van der Waals surface area (Å²) >= 11 is 0. The highest BCUT2D eigenvalue weighted by atomic mass is 16.5. The van der Waals surface area contributed by atoms with Gasteiger partial charge in [-0.1, -0.05) is 18.2 Å². The third-order valence-corrected chi connectivity index (χ3v) is 4.80. The molecule has 2 aromatic rings. The molecule has 0 atom stereocenters. The first kappa shape index (κ1) is 17.5. The Bertz CT molecular complexity index is 693. The summed E-state index contributed by atoms with van der Waals surface area (Å²) in [6, 6.07) is 9.77. The first-order chi connectivity index (χ1) is 12.2. The van der Waals surface area contributed by atoms with Crippen LogP contribution in [0.1, 0.15) is 25.3 Å². The van der Waals surface area contributed by atoms with Crippen LogP contribution in [0.25, 0.3) is 0 Å². The summed E-state index contributed by atoms with van der Waals surface area (Å²) in [5.41, 5.74) is 0.411. The highest BCUT2D eigenvalue weighted by Gasteiger charge is 2.43. The topological polar surface area (TPSA) is 59.4 Å². The van der Waals surface area contributed by atoms with Crippen molar-refractivity contribution in [1.82, 2.24) is 20.0 Å². The molecule has 1 N–H and O–H groups in total. The van der Waals surface area contributed by atoms with Crippen LogP contribution in [0.5, 0.6) is 5.75 Å². The number of carbonyl (C=O) groups excluding carboxylic acids is 1. The second-order valence-corrected chi connectivity index (χ2v) is 6.43. The molecule has 6 heteroatoms. The Morgan fingerprint density at radius 2 is 2.08 bits per heavy atom. The predicted octanol–water partition coefficient (Wildman–Crippen LogP) is 2.02. The molecular weight excluding hydrogens is 316 g/mol. The summed E-state index contributed by atoms with van der Waals surface area (Å²) in [5.74, 6) is 0.937. The normalized spacial score (nSPS) is 16.4. The van der Waals surface area contributed by atoms with Crippen LogP contribution in [0.2, 0.25) is 0 Å². The maximum Gasteiger partial charge on any atom is 0.250 e. The smallest absolute Gasteiger partial charge is 0.250 e. The van der Waals surface area contributed by atoms with Gasteiger partial charge < -0.3 is 15.0 Å². The molecule has 134 valence electrons. The fourth-order valence-corrected chi connectivity index (χ4v) is 3.52. The fourth-order valence-electron chi connectivity index (χ4n) is 3.52. The zero-order chi connectivity index (χ0) is 17.7. The number of carbonyl (C=O) groups is 1. The Balaban J connectivity index is 1.83. The Labute approximate surface area is 148 Å². The average Bonchev–Trinajstić information content (AvgIpc) is 3.19. The molecule has 1 saturated heterocycles. The van der Waals surface area contributed by atoms with E-state index in [0.717, 1.165) is 37.2 Å². The van der Waals surface area contributed by atoms with Crippen LogP contribution >= 0.6 is 0 Å². The first-order valence-electron chi connectivity index (χ1n) is 8.84. The Morgan fingerprint density at radius 1 is 1.32 bits per heavy atom. The van der Waals surface area contributed by atoms with E-state index in [1.807, 2.05) is 55.2 Å². The summed E-state index contributed by atoms with van der Waals surface area (Å²) in [6.45, 7) is 4.72. The molecule has 1 aliphatic heterocycles. The van der Waals surface area contributed by atoms with Crippen LogP contribution in [0.15, 0.2) is 42.7 Å². The Morgan fingerprint density at radius 3 is 2.76 bits per heavy atom. The second-order valence-electron chi connectivity index (χ2n) is 6.43. The van der Waals surface area contributed by atoms with Crippen LogP contribution in [0.3, 0.4) is 0 Å². The van der Waals surface area contributed by atoms with Crippen molar-refractivity contribution in [3.63, 3.8) is 0 Å². The van der Waals surface area contributed by atoms with E-state index < -0.39 is 5.54 Å². The average molecular weight is 342 g/mol. The van der Waals surface area contributed by atoms with Crippen LogP contribution in [-0.4, -0.2) is 47.3 Å². The van der Waals surface area contributed by atoms with Gasteiger partial charge in [-0.25, -0.2) is 0 Å². The number of rotatable bonds is 6. The summed E-state index contributed by atoms with van der Waals surface area (Å²) in [5, 5.41) is 7.73. The summed E-state index contributed by atoms with van der Waals surface area (Å²) in [4.78, 5) is 15.2. The zero-order valence-electron chi connectivity index (χ0n) is 14.9. The lowest BCUT2D eigenvalue weighted by Gasteiger charge is -2.39. The number of piperidine rings is 1. The van der Waals surface area contributed by atoms with E-state index in [4.69, 9.17) is 4.74 Å². The molecule has 0 saturated carbocycles. The van der Waals surface area contributed by atoms with Gasteiger partial charge in [0.25, 0.3) is 5.91 Å². The second kappa shape index (κ2) is 7.70. The molecule has 0 radical (unpaired) electrons. The van der Waals surface area contributed by atoms with Crippen molar-refractivity contribution in [2.75, 3.05) is 26.7 Å². The van der Waals surface area contributed by atoms with Gasteiger partial charge in [0, 0.05) is 31.5 Å². The number of hydrogen-bond donors (Lipinski definition) is 1. The standard InChI is InChI=1S/C19H26N4O2/c1-3-25-17-8-5-4-7-16(17)15-22(2)18(24)19(9-12-20-13-10-19)23-14-6-11-21-23/h4-8,11,14,20H,3,9-10,12-13,15H2,1-2H3. The van der Waals surface area contributed by atoms with E-state index in [-0.39, 0.29) is 5.91 Å². The van der Waals surface area contributed by atoms with Gasteiger partial charge in [0.15, 0.2) is 0 Å². The van der Waals surface area contributed by atoms with Crippen molar-refractivity contribution in [1.29, 1.82) is 0 Å². The summed E-state index contributed by atoms with van der Waals surface area (Å²) in [7, 11) is 1.86. The Hall–Kier alpha value is -2.34. The highest BCUT2D eigenvalue weighted by molar-refractivity contribution is 5.84. The number of nitrogens with one attached hydrogen (secondary N) is 1. The molecular formula is C19H26N4O2. The number of ether oxygens (including phenoxy) is 1. The van der Waals surface area contributed by atoms with Crippen molar-refractivity contribution in [2.24, 2.45) is 0 Å². The van der Waals surface area contributed by atoms with Crippen molar-refractivity contribution < 1.29 is 9.53 Å². The number of likely N-dealkylation sites (N-methyl/N-ethyl adjacent to an activating group) is 1. The summed E-state index contributed by atoms with van der Waals surface area (Å²) in [6.07, 6.45) is 5.11. The van der Waals surface area contributed by atoms with Crippen molar-refractivity contribution >= 4 is 5.91 Å². The van der Waals surface area contributed by atoms with Crippen molar-refractivity contribution in [2.45, 2.75) is 31.8 Å². The molecule has 0 unspecified atom stereocenters. The van der Waals surface area contributed by atoms with Gasteiger partial charge in [0.1, 0.15) is 11.3 Å². The maximum atomic E-state index is 13.4. The molecule has 0 spiro atoms. The molecule has 6 nitrogen and oxygen atoms in total. The largest absolute Gasteiger partial charge is 0.494 e. The van der Waals surface area contributed by atoms with Crippen molar-refractivity contribution in [3.05, 3.63) is 48.3 Å². The molecule has 0 bridgehead atoms. The van der Waals surface area contributed by atoms with E-state index >= 15 is 0 Å². The minimum absolute atomic E-state index is 0.101. The van der Waals surface area contributed by atoms with E-state index in [1.54, 1.807) is 11.1 Å². The molecule has 3 rings (SSSR count). The van der Waals surface area contributed by atoms with E-state index in [1.165, 1.54) is 0 Å². The molecule has 25 heavy (non-hydrogen) atoms. The quantitative estimate of drug-likeness (QED) is 0.872. The van der Waals surface area contributed by atoms with Gasteiger partial charge in [-0.15, -0.1) is 0 Å². The van der Waals surface area contributed by atoms with Crippen LogP contribution in [-0.2, 0) is 16.9 Å². The molecule has 0 aliphatic carbocycles. The molecule has 1 aromatic carbocycles. The number of benzene rings is 1. The number of aromatic nitrogens is 2. The lowest BCUT2D eigenvalue weighted by Crippen LogP contribution is -2.54. The lowest BCUT2D eigenvalue weighted by molar-refractivity contribution is -0.142. The van der Waals surface area contributed by atoms with E-state index in [2.05, 4.69) is 10.4 Å². The third kappa shape index (κ3) is 3.54. The van der Waals surface area contributed by atoms with Crippen molar-refractivity contribution in [3.8, 4) is 5.75 Å². The lowest BCUT2D eigenvalue weighted by atomic mass is 9.86. The fraction of sp³-hybridized carbons (Fsp3) is 0.474. The Kier molecular flexibility index (Phi) is 5.38. The van der Waals surface area contributed by atoms with Crippen LogP contribution < -0.4 is 10.1 Å². The molecule has 1 aromatic heterocycles. The molecule has 1 amide bonds. The number of para-hydroxylation sites is 1. The van der Waals surface area contributed by atoms with E-state index in [0.29, 0.717) is 13.2 Å². The number of amides is 1. The predicted molar refractivity (Wildman–Crippen MR) is 96.4 cm³/mol.